The van der Waals surface area contributed by atoms with E-state index >= 15 is 0 Å². The maximum absolute atomic E-state index is 11.9. The molecule has 0 saturated heterocycles. The average Bonchev–Trinajstić information content (AvgIpc) is 2.25. The van der Waals surface area contributed by atoms with Crippen LogP contribution in [0.15, 0.2) is 0 Å². The summed E-state index contributed by atoms with van der Waals surface area (Å²) in [6.45, 7) is 2.78. The molecule has 0 spiro atoms. The maximum Gasteiger partial charge on any atom is 0.223 e. The first-order valence-corrected chi connectivity index (χ1v) is 7.11. The Labute approximate surface area is 104 Å². The first-order valence-electron chi connectivity index (χ1n) is 6.57. The lowest BCUT2D eigenvalue weighted by Gasteiger charge is -2.20. The predicted molar refractivity (Wildman–Crippen MR) is 68.7 cm³/mol. The molecule has 16 heavy (non-hydrogen) atoms. The van der Waals surface area contributed by atoms with Crippen molar-refractivity contribution in [3.05, 3.63) is 0 Å². The smallest absolute Gasteiger partial charge is 0.223 e. The molecule has 0 bridgehead atoms. The molecule has 0 heterocycles. The summed E-state index contributed by atoms with van der Waals surface area (Å²) in [7, 11) is 0. The topological polar surface area (TPSA) is 29.1 Å². The van der Waals surface area contributed by atoms with Crippen LogP contribution in [0.4, 0.5) is 0 Å². The zero-order valence-corrected chi connectivity index (χ0v) is 11.1. The second-order valence-electron chi connectivity index (χ2n) is 5.05. The van der Waals surface area contributed by atoms with Gasteiger partial charge in [0.15, 0.2) is 0 Å². The van der Waals surface area contributed by atoms with Gasteiger partial charge in [-0.1, -0.05) is 39.0 Å². The largest absolute Gasteiger partial charge is 0.356 e. The average molecular weight is 246 g/mol. The molecule has 0 aromatic heterocycles. The molecule has 0 aliphatic heterocycles. The summed E-state index contributed by atoms with van der Waals surface area (Å²) in [5, 5.41) is 3.03. The molecule has 0 aromatic rings. The summed E-state index contributed by atoms with van der Waals surface area (Å²) in [5.74, 6) is 1.49. The van der Waals surface area contributed by atoms with Crippen LogP contribution >= 0.6 is 11.6 Å². The van der Waals surface area contributed by atoms with Gasteiger partial charge < -0.3 is 5.32 Å². The van der Waals surface area contributed by atoms with E-state index in [9.17, 15) is 4.79 Å². The highest BCUT2D eigenvalue weighted by Gasteiger charge is 2.19. The first-order chi connectivity index (χ1) is 7.74. The molecule has 3 heteroatoms. The number of hydrogen-bond donors (Lipinski definition) is 1. The molecule has 1 fully saturated rings. The molecule has 1 aliphatic rings. The number of nitrogens with one attached hydrogen (secondary N) is 1. The van der Waals surface area contributed by atoms with Crippen molar-refractivity contribution in [2.24, 2.45) is 11.8 Å². The minimum Gasteiger partial charge on any atom is -0.356 e. The highest BCUT2D eigenvalue weighted by molar-refractivity contribution is 6.18. The van der Waals surface area contributed by atoms with Crippen molar-refractivity contribution in [3.8, 4) is 0 Å². The summed E-state index contributed by atoms with van der Waals surface area (Å²) >= 11 is 5.72. The van der Waals surface area contributed by atoms with E-state index in [0.717, 1.165) is 19.4 Å². The Kier molecular flexibility index (Phi) is 6.86. The summed E-state index contributed by atoms with van der Waals surface area (Å²) in [6.07, 6.45) is 8.50. The molecule has 1 atom stereocenters. The van der Waals surface area contributed by atoms with Crippen LogP contribution in [-0.2, 0) is 4.79 Å². The number of halogens is 1. The molecule has 0 aromatic carbocycles. The third-order valence-corrected chi connectivity index (χ3v) is 3.89. The molecule has 1 rings (SSSR count). The quantitative estimate of drug-likeness (QED) is 0.757. The lowest BCUT2D eigenvalue weighted by molar-refractivity contribution is -0.125. The standard InChI is InChI=1S/C13H24ClNO/c1-11(9-14)10-15-13(16)12-7-5-3-2-4-6-8-12/h11-12H,2-10H2,1H3,(H,15,16). The van der Waals surface area contributed by atoms with E-state index in [2.05, 4.69) is 12.2 Å². The minimum absolute atomic E-state index is 0.249. The molecule has 1 amide bonds. The van der Waals surface area contributed by atoms with Gasteiger partial charge in [-0.2, -0.15) is 0 Å². The van der Waals surface area contributed by atoms with Gasteiger partial charge in [0.05, 0.1) is 0 Å². The number of carbonyl (C=O) groups is 1. The van der Waals surface area contributed by atoms with E-state index in [4.69, 9.17) is 11.6 Å². The molecular formula is C13H24ClNO. The first kappa shape index (κ1) is 13.8. The highest BCUT2D eigenvalue weighted by atomic mass is 35.5. The third kappa shape index (κ3) is 5.20. The van der Waals surface area contributed by atoms with Crippen molar-refractivity contribution in [2.75, 3.05) is 12.4 Å². The molecule has 1 unspecified atom stereocenters. The minimum atomic E-state index is 0.249. The van der Waals surface area contributed by atoms with E-state index in [0.29, 0.717) is 11.8 Å². The number of hydrogen-bond acceptors (Lipinski definition) is 1. The third-order valence-electron chi connectivity index (χ3n) is 3.36. The molecule has 0 radical (unpaired) electrons. The summed E-state index contributed by atoms with van der Waals surface area (Å²) in [5.41, 5.74) is 0. The van der Waals surface area contributed by atoms with E-state index in [1.54, 1.807) is 0 Å². The number of carbonyl (C=O) groups excluding carboxylic acids is 1. The van der Waals surface area contributed by atoms with Gasteiger partial charge in [0, 0.05) is 18.3 Å². The lowest BCUT2D eigenvalue weighted by Crippen LogP contribution is -2.34. The second kappa shape index (κ2) is 7.94. The Hall–Kier alpha value is -0.240. The SMILES string of the molecule is CC(CCl)CNC(=O)C1CCCCCCC1. The van der Waals surface area contributed by atoms with Gasteiger partial charge in [0.2, 0.25) is 5.91 Å². The van der Waals surface area contributed by atoms with Crippen LogP contribution in [0, 0.1) is 11.8 Å². The van der Waals surface area contributed by atoms with Crippen LogP contribution in [0.2, 0.25) is 0 Å². The van der Waals surface area contributed by atoms with Crippen molar-refractivity contribution in [2.45, 2.75) is 51.9 Å². The molecular weight excluding hydrogens is 222 g/mol. The van der Waals surface area contributed by atoms with Crippen molar-refractivity contribution >= 4 is 17.5 Å². The Balaban J connectivity index is 2.27. The zero-order valence-electron chi connectivity index (χ0n) is 10.3. The van der Waals surface area contributed by atoms with Gasteiger partial charge in [-0.05, 0) is 18.8 Å². The van der Waals surface area contributed by atoms with Crippen molar-refractivity contribution in [1.82, 2.24) is 5.32 Å². The maximum atomic E-state index is 11.9. The summed E-state index contributed by atoms with van der Waals surface area (Å²) < 4.78 is 0. The number of alkyl halides is 1. The monoisotopic (exact) mass is 245 g/mol. The van der Waals surface area contributed by atoms with E-state index in [-0.39, 0.29) is 11.8 Å². The molecule has 1 saturated carbocycles. The fraction of sp³-hybridized carbons (Fsp3) is 0.923. The normalized spacial score (nSPS) is 20.9. The van der Waals surface area contributed by atoms with E-state index < -0.39 is 0 Å². The molecule has 2 nitrogen and oxygen atoms in total. The highest BCUT2D eigenvalue weighted by Crippen LogP contribution is 2.22. The van der Waals surface area contributed by atoms with E-state index in [1.165, 1.54) is 32.1 Å². The fourth-order valence-corrected chi connectivity index (χ4v) is 2.30. The van der Waals surface area contributed by atoms with Crippen LogP contribution in [0.1, 0.15) is 51.9 Å². The second-order valence-corrected chi connectivity index (χ2v) is 5.36. The van der Waals surface area contributed by atoms with Gasteiger partial charge >= 0.3 is 0 Å². The van der Waals surface area contributed by atoms with E-state index in [1.807, 2.05) is 0 Å². The van der Waals surface area contributed by atoms with Crippen LogP contribution in [0.25, 0.3) is 0 Å². The molecule has 1 N–H and O–H groups in total. The Morgan fingerprint density at radius 1 is 1.25 bits per heavy atom. The fourth-order valence-electron chi connectivity index (χ4n) is 2.19. The van der Waals surface area contributed by atoms with Gasteiger partial charge in [0.25, 0.3) is 0 Å². The predicted octanol–water partition coefficient (Wildman–Crippen LogP) is 3.34. The van der Waals surface area contributed by atoms with Crippen LogP contribution in [0.3, 0.4) is 0 Å². The van der Waals surface area contributed by atoms with Gasteiger partial charge in [-0.3, -0.25) is 4.79 Å². The van der Waals surface area contributed by atoms with Crippen molar-refractivity contribution < 1.29 is 4.79 Å². The zero-order chi connectivity index (χ0) is 11.8. The van der Waals surface area contributed by atoms with Crippen LogP contribution in [0.5, 0.6) is 0 Å². The number of amides is 1. The Bertz CT molecular complexity index is 200. The van der Waals surface area contributed by atoms with Crippen LogP contribution in [-0.4, -0.2) is 18.3 Å². The summed E-state index contributed by atoms with van der Waals surface area (Å²) in [6, 6.07) is 0. The number of rotatable bonds is 4. The van der Waals surface area contributed by atoms with Crippen LogP contribution < -0.4 is 5.32 Å². The molecule has 1 aliphatic carbocycles. The summed E-state index contributed by atoms with van der Waals surface area (Å²) in [4.78, 5) is 11.9. The molecule has 94 valence electrons. The van der Waals surface area contributed by atoms with Crippen molar-refractivity contribution in [3.63, 3.8) is 0 Å². The van der Waals surface area contributed by atoms with Gasteiger partial charge in [-0.15, -0.1) is 11.6 Å². The van der Waals surface area contributed by atoms with Gasteiger partial charge in [0.1, 0.15) is 0 Å². The van der Waals surface area contributed by atoms with Gasteiger partial charge in [-0.25, -0.2) is 0 Å². The Morgan fingerprint density at radius 3 is 2.38 bits per heavy atom. The Morgan fingerprint density at radius 2 is 1.81 bits per heavy atom. The van der Waals surface area contributed by atoms with Crippen molar-refractivity contribution in [1.29, 1.82) is 0 Å². The lowest BCUT2D eigenvalue weighted by atomic mass is 9.90.